The number of aryl methyl sites for hydroxylation is 1. The first kappa shape index (κ1) is 18.9. The number of likely N-dealkylation sites (N-methyl/N-ethyl adjacent to an activating group) is 1. The van der Waals surface area contributed by atoms with Crippen LogP contribution in [-0.4, -0.2) is 52.2 Å². The topological polar surface area (TPSA) is 96.6 Å². The lowest BCUT2D eigenvalue weighted by Gasteiger charge is -2.22. The van der Waals surface area contributed by atoms with Crippen molar-refractivity contribution in [2.75, 3.05) is 13.1 Å². The second-order valence-corrected chi connectivity index (χ2v) is 6.71. The number of ketones is 1. The fraction of sp³-hybridized carbons (Fsp3) is 0.421. The van der Waals surface area contributed by atoms with Crippen molar-refractivity contribution in [3.05, 3.63) is 48.2 Å². The summed E-state index contributed by atoms with van der Waals surface area (Å²) in [5.74, 6) is -1.31. The van der Waals surface area contributed by atoms with Crippen molar-refractivity contribution in [1.29, 1.82) is 0 Å². The molecule has 1 saturated heterocycles. The minimum atomic E-state index is -0.651. The molecular weight excluding hydrogens is 348 g/mol. The standard InChI is InChI=1S/C19H24N4O4/c1-3-20-18(25)16-9-14(11-23(16)10-13-6-8-27-12-13)21-19(26)17(24)15-5-4-7-22(15)2/h4-8,12,14,16H,3,9-11H2,1-2H3,(H,20,25)(H,21,26)/t14-,16-/m0/s1. The first-order chi connectivity index (χ1) is 13.0. The first-order valence-electron chi connectivity index (χ1n) is 8.99. The van der Waals surface area contributed by atoms with Crippen LogP contribution in [0.2, 0.25) is 0 Å². The monoisotopic (exact) mass is 372 g/mol. The minimum absolute atomic E-state index is 0.0773. The van der Waals surface area contributed by atoms with Gasteiger partial charge in [-0.3, -0.25) is 19.3 Å². The molecule has 1 aliphatic heterocycles. The highest BCUT2D eigenvalue weighted by molar-refractivity contribution is 6.42. The Hall–Kier alpha value is -2.87. The molecule has 1 fully saturated rings. The van der Waals surface area contributed by atoms with E-state index in [-0.39, 0.29) is 18.0 Å². The second kappa shape index (κ2) is 8.22. The summed E-state index contributed by atoms with van der Waals surface area (Å²) in [5.41, 5.74) is 1.29. The van der Waals surface area contributed by atoms with Crippen LogP contribution in [0, 0.1) is 0 Å². The molecule has 0 bridgehead atoms. The third kappa shape index (κ3) is 4.28. The maximum absolute atomic E-state index is 12.4. The van der Waals surface area contributed by atoms with Gasteiger partial charge in [-0.2, -0.15) is 0 Å². The predicted octanol–water partition coefficient (Wildman–Crippen LogP) is 0.696. The van der Waals surface area contributed by atoms with Crippen molar-refractivity contribution in [1.82, 2.24) is 20.1 Å². The second-order valence-electron chi connectivity index (χ2n) is 6.71. The van der Waals surface area contributed by atoms with E-state index in [9.17, 15) is 14.4 Å². The minimum Gasteiger partial charge on any atom is -0.472 e. The molecule has 2 aromatic heterocycles. The molecule has 144 valence electrons. The molecule has 3 rings (SSSR count). The van der Waals surface area contributed by atoms with Crippen LogP contribution in [-0.2, 0) is 23.2 Å². The van der Waals surface area contributed by atoms with Gasteiger partial charge in [0.15, 0.2) is 0 Å². The number of carbonyl (C=O) groups is 3. The van der Waals surface area contributed by atoms with Crippen molar-refractivity contribution in [3.63, 3.8) is 0 Å². The van der Waals surface area contributed by atoms with Crippen LogP contribution in [0.3, 0.4) is 0 Å². The fourth-order valence-corrected chi connectivity index (χ4v) is 3.43. The zero-order chi connectivity index (χ0) is 19.4. The van der Waals surface area contributed by atoms with Gasteiger partial charge in [-0.15, -0.1) is 0 Å². The van der Waals surface area contributed by atoms with Crippen LogP contribution >= 0.6 is 0 Å². The summed E-state index contributed by atoms with van der Waals surface area (Å²) in [6.45, 7) is 3.43. The Morgan fingerprint density at radius 2 is 2.11 bits per heavy atom. The molecule has 3 heterocycles. The summed E-state index contributed by atoms with van der Waals surface area (Å²) >= 11 is 0. The van der Waals surface area contributed by atoms with Gasteiger partial charge in [0.05, 0.1) is 24.3 Å². The lowest BCUT2D eigenvalue weighted by molar-refractivity contribution is -0.125. The Kier molecular flexibility index (Phi) is 5.75. The number of likely N-dealkylation sites (tertiary alicyclic amines) is 1. The summed E-state index contributed by atoms with van der Waals surface area (Å²) in [5, 5.41) is 5.62. The van der Waals surface area contributed by atoms with Gasteiger partial charge in [0.25, 0.3) is 11.7 Å². The van der Waals surface area contributed by atoms with E-state index >= 15 is 0 Å². The molecule has 2 aromatic rings. The van der Waals surface area contributed by atoms with E-state index in [0.717, 1.165) is 5.56 Å². The first-order valence-corrected chi connectivity index (χ1v) is 8.99. The van der Waals surface area contributed by atoms with E-state index < -0.39 is 11.7 Å². The summed E-state index contributed by atoms with van der Waals surface area (Å²) in [4.78, 5) is 39.1. The molecule has 8 heteroatoms. The molecule has 2 amide bonds. The van der Waals surface area contributed by atoms with Gasteiger partial charge in [-0.05, 0) is 31.5 Å². The summed E-state index contributed by atoms with van der Waals surface area (Å²) in [6, 6.07) is 4.53. The maximum Gasteiger partial charge on any atom is 0.294 e. The van der Waals surface area contributed by atoms with E-state index in [1.165, 1.54) is 0 Å². The lowest BCUT2D eigenvalue weighted by atomic mass is 10.1. The summed E-state index contributed by atoms with van der Waals surface area (Å²) in [7, 11) is 1.72. The number of carbonyl (C=O) groups excluding carboxylic acids is 3. The number of aromatic nitrogens is 1. The third-order valence-corrected chi connectivity index (χ3v) is 4.74. The van der Waals surface area contributed by atoms with Crippen LogP contribution in [0.15, 0.2) is 41.3 Å². The number of furan rings is 1. The maximum atomic E-state index is 12.4. The Balaban J connectivity index is 1.67. The quantitative estimate of drug-likeness (QED) is 0.551. The van der Waals surface area contributed by atoms with Crippen LogP contribution in [0.1, 0.15) is 29.4 Å². The van der Waals surface area contributed by atoms with Crippen molar-refractivity contribution >= 4 is 17.6 Å². The Labute approximate surface area is 157 Å². The van der Waals surface area contributed by atoms with Gasteiger partial charge >= 0.3 is 0 Å². The van der Waals surface area contributed by atoms with Crippen LogP contribution < -0.4 is 10.6 Å². The molecular formula is C19H24N4O4. The SMILES string of the molecule is CCNC(=O)[C@@H]1C[C@H](NC(=O)C(=O)c2cccn2C)CN1Cc1ccoc1. The third-order valence-electron chi connectivity index (χ3n) is 4.74. The summed E-state index contributed by atoms with van der Waals surface area (Å²) < 4.78 is 6.71. The van der Waals surface area contributed by atoms with Crippen LogP contribution in [0.4, 0.5) is 0 Å². The van der Waals surface area contributed by atoms with Gasteiger partial charge < -0.3 is 19.6 Å². The fourth-order valence-electron chi connectivity index (χ4n) is 3.43. The molecule has 0 aliphatic carbocycles. The van der Waals surface area contributed by atoms with Crippen molar-refractivity contribution < 1.29 is 18.8 Å². The number of nitrogens with zero attached hydrogens (tertiary/aromatic N) is 2. The molecule has 1 aliphatic rings. The zero-order valence-electron chi connectivity index (χ0n) is 15.5. The smallest absolute Gasteiger partial charge is 0.294 e. The van der Waals surface area contributed by atoms with E-state index in [1.807, 2.05) is 17.9 Å². The number of amides is 2. The lowest BCUT2D eigenvalue weighted by Crippen LogP contribution is -2.42. The highest BCUT2D eigenvalue weighted by Crippen LogP contribution is 2.21. The average Bonchev–Trinajstić information content (AvgIpc) is 3.37. The van der Waals surface area contributed by atoms with Crippen molar-refractivity contribution in [3.8, 4) is 0 Å². The Bertz CT molecular complexity index is 812. The van der Waals surface area contributed by atoms with E-state index in [0.29, 0.717) is 31.7 Å². The molecule has 27 heavy (non-hydrogen) atoms. The van der Waals surface area contributed by atoms with E-state index in [2.05, 4.69) is 10.6 Å². The largest absolute Gasteiger partial charge is 0.472 e. The number of Topliss-reactive ketones (excluding diaryl/α,β-unsaturated/α-hetero) is 1. The number of nitrogens with one attached hydrogen (secondary N) is 2. The van der Waals surface area contributed by atoms with Gasteiger partial charge in [-0.1, -0.05) is 0 Å². The molecule has 0 saturated carbocycles. The predicted molar refractivity (Wildman–Crippen MR) is 97.9 cm³/mol. The molecule has 0 aromatic carbocycles. The summed E-state index contributed by atoms with van der Waals surface area (Å²) in [6.07, 6.45) is 5.40. The zero-order valence-corrected chi connectivity index (χ0v) is 15.5. The van der Waals surface area contributed by atoms with Crippen LogP contribution in [0.25, 0.3) is 0 Å². The Morgan fingerprint density at radius 3 is 2.74 bits per heavy atom. The molecule has 2 atom stereocenters. The average molecular weight is 372 g/mol. The van der Waals surface area contributed by atoms with Gasteiger partial charge in [0.2, 0.25) is 5.91 Å². The highest BCUT2D eigenvalue weighted by atomic mass is 16.3. The highest BCUT2D eigenvalue weighted by Gasteiger charge is 2.38. The number of hydrogen-bond acceptors (Lipinski definition) is 5. The molecule has 0 spiro atoms. The number of hydrogen-bond donors (Lipinski definition) is 2. The van der Waals surface area contributed by atoms with Crippen LogP contribution in [0.5, 0.6) is 0 Å². The molecule has 2 N–H and O–H groups in total. The van der Waals surface area contributed by atoms with Crippen molar-refractivity contribution in [2.24, 2.45) is 7.05 Å². The van der Waals surface area contributed by atoms with Gasteiger partial charge in [0, 0.05) is 44.5 Å². The van der Waals surface area contributed by atoms with Gasteiger partial charge in [0.1, 0.15) is 0 Å². The van der Waals surface area contributed by atoms with Crippen molar-refractivity contribution in [2.45, 2.75) is 32.0 Å². The normalized spacial score (nSPS) is 19.8. The van der Waals surface area contributed by atoms with E-state index in [4.69, 9.17) is 4.42 Å². The molecule has 8 nitrogen and oxygen atoms in total. The number of rotatable bonds is 7. The van der Waals surface area contributed by atoms with E-state index in [1.54, 1.807) is 42.5 Å². The Morgan fingerprint density at radius 1 is 1.30 bits per heavy atom. The molecule has 0 radical (unpaired) electrons. The van der Waals surface area contributed by atoms with Gasteiger partial charge in [-0.25, -0.2) is 0 Å². The molecule has 0 unspecified atom stereocenters.